The SMILES string of the molecule is COC(=O)/C=C1/CCC[C@H](OC)[C@@]1(C)CC=O. The molecule has 0 bridgehead atoms. The van der Waals surface area contributed by atoms with Gasteiger partial charge in [0.15, 0.2) is 0 Å². The Labute approximate surface area is 102 Å². The Morgan fingerprint density at radius 2 is 2.24 bits per heavy atom. The lowest BCUT2D eigenvalue weighted by Crippen LogP contribution is -2.39. The molecular formula is C13H20O4. The summed E-state index contributed by atoms with van der Waals surface area (Å²) in [4.78, 5) is 22.2. The first-order valence-corrected chi connectivity index (χ1v) is 5.84. The van der Waals surface area contributed by atoms with Crippen LogP contribution in [0.5, 0.6) is 0 Å². The molecular weight excluding hydrogens is 220 g/mol. The molecule has 0 saturated heterocycles. The molecule has 2 atom stereocenters. The van der Waals surface area contributed by atoms with Crippen LogP contribution in [-0.2, 0) is 19.1 Å². The van der Waals surface area contributed by atoms with Crippen LogP contribution in [0, 0.1) is 5.41 Å². The number of esters is 1. The van der Waals surface area contributed by atoms with E-state index in [2.05, 4.69) is 4.74 Å². The van der Waals surface area contributed by atoms with Gasteiger partial charge in [0.05, 0.1) is 13.2 Å². The maximum Gasteiger partial charge on any atom is 0.330 e. The Hall–Kier alpha value is -1.16. The minimum atomic E-state index is -0.386. The standard InChI is InChI=1S/C13H20O4/c1-13(7-8-14)10(9-12(15)17-3)5-4-6-11(13)16-2/h8-9,11H,4-7H2,1-3H3/b10-9-/t11-,13-/m0/s1. The van der Waals surface area contributed by atoms with Crippen molar-refractivity contribution in [3.05, 3.63) is 11.6 Å². The number of rotatable bonds is 4. The largest absolute Gasteiger partial charge is 0.466 e. The van der Waals surface area contributed by atoms with Gasteiger partial charge in [0.2, 0.25) is 0 Å². The maximum absolute atomic E-state index is 11.3. The molecule has 0 heterocycles. The van der Waals surface area contributed by atoms with Crippen LogP contribution in [0.15, 0.2) is 11.6 Å². The van der Waals surface area contributed by atoms with E-state index in [-0.39, 0.29) is 17.5 Å². The van der Waals surface area contributed by atoms with Crippen molar-refractivity contribution in [3.8, 4) is 0 Å². The predicted octanol–water partition coefficient (Wildman–Crippen LogP) is 1.88. The molecule has 1 fully saturated rings. The summed E-state index contributed by atoms with van der Waals surface area (Å²) in [5.41, 5.74) is 0.567. The van der Waals surface area contributed by atoms with Gasteiger partial charge in [-0.15, -0.1) is 0 Å². The van der Waals surface area contributed by atoms with Crippen LogP contribution in [0.1, 0.15) is 32.6 Å². The Kier molecular flexibility index (Phi) is 4.87. The van der Waals surface area contributed by atoms with Gasteiger partial charge in [-0.2, -0.15) is 0 Å². The quantitative estimate of drug-likeness (QED) is 0.428. The minimum Gasteiger partial charge on any atom is -0.466 e. The molecule has 0 radical (unpaired) electrons. The Bertz CT molecular complexity index is 321. The summed E-state index contributed by atoms with van der Waals surface area (Å²) < 4.78 is 10.1. The molecule has 4 heteroatoms. The van der Waals surface area contributed by atoms with Crippen LogP contribution < -0.4 is 0 Å². The van der Waals surface area contributed by atoms with E-state index < -0.39 is 0 Å². The fourth-order valence-electron chi connectivity index (χ4n) is 2.54. The molecule has 0 N–H and O–H groups in total. The van der Waals surface area contributed by atoms with E-state index in [0.717, 1.165) is 31.1 Å². The second-order valence-electron chi connectivity index (χ2n) is 4.60. The van der Waals surface area contributed by atoms with E-state index in [9.17, 15) is 9.59 Å². The topological polar surface area (TPSA) is 52.6 Å². The first-order valence-electron chi connectivity index (χ1n) is 5.84. The summed E-state index contributed by atoms with van der Waals surface area (Å²) in [5, 5.41) is 0. The van der Waals surface area contributed by atoms with Gasteiger partial charge in [-0.05, 0) is 19.3 Å². The van der Waals surface area contributed by atoms with Gasteiger partial charge in [0, 0.05) is 25.0 Å². The van der Waals surface area contributed by atoms with E-state index in [1.165, 1.54) is 13.2 Å². The number of methoxy groups -OCH3 is 2. The molecule has 96 valence electrons. The lowest BCUT2D eigenvalue weighted by Gasteiger charge is -2.41. The van der Waals surface area contributed by atoms with Gasteiger partial charge in [0.1, 0.15) is 6.29 Å². The van der Waals surface area contributed by atoms with Crippen LogP contribution in [0.3, 0.4) is 0 Å². The molecule has 0 aromatic heterocycles. The molecule has 0 aromatic rings. The van der Waals surface area contributed by atoms with Crippen molar-refractivity contribution >= 4 is 12.3 Å². The fraction of sp³-hybridized carbons (Fsp3) is 0.692. The van der Waals surface area contributed by atoms with E-state index in [0.29, 0.717) is 6.42 Å². The summed E-state index contributed by atoms with van der Waals surface area (Å²) in [6, 6.07) is 0. The number of hydrogen-bond donors (Lipinski definition) is 0. The molecule has 1 rings (SSSR count). The highest BCUT2D eigenvalue weighted by molar-refractivity contribution is 5.83. The molecule has 0 aliphatic heterocycles. The average molecular weight is 240 g/mol. The number of carbonyl (C=O) groups is 2. The summed E-state index contributed by atoms with van der Waals surface area (Å²) in [5.74, 6) is -0.367. The molecule has 0 amide bonds. The first-order chi connectivity index (χ1) is 8.08. The third-order valence-electron chi connectivity index (χ3n) is 3.64. The van der Waals surface area contributed by atoms with Crippen LogP contribution in [-0.4, -0.2) is 32.6 Å². The number of aldehydes is 1. The third-order valence-corrected chi connectivity index (χ3v) is 3.64. The van der Waals surface area contributed by atoms with Crippen LogP contribution in [0.4, 0.5) is 0 Å². The van der Waals surface area contributed by atoms with Crippen molar-refractivity contribution in [2.75, 3.05) is 14.2 Å². The number of ether oxygens (including phenoxy) is 2. The summed E-state index contributed by atoms with van der Waals surface area (Å²) in [6.45, 7) is 1.98. The fourth-order valence-corrected chi connectivity index (χ4v) is 2.54. The zero-order valence-electron chi connectivity index (χ0n) is 10.7. The molecule has 0 aromatic carbocycles. The summed E-state index contributed by atoms with van der Waals surface area (Å²) in [7, 11) is 3.00. The smallest absolute Gasteiger partial charge is 0.330 e. The van der Waals surface area contributed by atoms with Crippen LogP contribution in [0.2, 0.25) is 0 Å². The lowest BCUT2D eigenvalue weighted by molar-refractivity contribution is -0.135. The van der Waals surface area contributed by atoms with Crippen molar-refractivity contribution in [1.29, 1.82) is 0 Å². The van der Waals surface area contributed by atoms with Crippen molar-refractivity contribution in [2.24, 2.45) is 5.41 Å². The minimum absolute atomic E-state index is 0.0163. The zero-order valence-corrected chi connectivity index (χ0v) is 10.7. The van der Waals surface area contributed by atoms with Crippen molar-refractivity contribution in [2.45, 2.75) is 38.7 Å². The molecule has 1 saturated carbocycles. The predicted molar refractivity (Wildman–Crippen MR) is 63.5 cm³/mol. The maximum atomic E-state index is 11.3. The zero-order chi connectivity index (χ0) is 12.9. The monoisotopic (exact) mass is 240 g/mol. The van der Waals surface area contributed by atoms with Crippen LogP contribution in [0.25, 0.3) is 0 Å². The number of carbonyl (C=O) groups excluding carboxylic acids is 2. The van der Waals surface area contributed by atoms with Crippen molar-refractivity contribution in [3.63, 3.8) is 0 Å². The Balaban J connectivity index is 3.03. The van der Waals surface area contributed by atoms with Crippen LogP contribution >= 0.6 is 0 Å². The van der Waals surface area contributed by atoms with Gasteiger partial charge in [-0.3, -0.25) is 0 Å². The highest BCUT2D eigenvalue weighted by Crippen LogP contribution is 2.44. The van der Waals surface area contributed by atoms with Gasteiger partial charge < -0.3 is 14.3 Å². The third kappa shape index (κ3) is 2.94. The van der Waals surface area contributed by atoms with E-state index in [4.69, 9.17) is 4.74 Å². The summed E-state index contributed by atoms with van der Waals surface area (Å²) >= 11 is 0. The van der Waals surface area contributed by atoms with Gasteiger partial charge >= 0.3 is 5.97 Å². The van der Waals surface area contributed by atoms with Gasteiger partial charge in [0.25, 0.3) is 0 Å². The number of hydrogen-bond acceptors (Lipinski definition) is 4. The Morgan fingerprint density at radius 3 is 2.76 bits per heavy atom. The van der Waals surface area contributed by atoms with Crippen molar-refractivity contribution < 1.29 is 19.1 Å². The van der Waals surface area contributed by atoms with E-state index in [1.807, 2.05) is 6.92 Å². The second kappa shape index (κ2) is 5.96. The molecule has 0 spiro atoms. The van der Waals surface area contributed by atoms with Gasteiger partial charge in [-0.25, -0.2) is 4.79 Å². The van der Waals surface area contributed by atoms with Gasteiger partial charge in [-0.1, -0.05) is 12.5 Å². The Morgan fingerprint density at radius 1 is 1.53 bits per heavy atom. The molecule has 0 unspecified atom stereocenters. The molecule has 4 nitrogen and oxygen atoms in total. The van der Waals surface area contributed by atoms with E-state index >= 15 is 0 Å². The lowest BCUT2D eigenvalue weighted by atomic mass is 9.67. The van der Waals surface area contributed by atoms with E-state index in [1.54, 1.807) is 7.11 Å². The summed E-state index contributed by atoms with van der Waals surface area (Å²) in [6.07, 6.45) is 5.46. The normalized spacial score (nSPS) is 31.2. The second-order valence-corrected chi connectivity index (χ2v) is 4.60. The average Bonchev–Trinajstić information content (AvgIpc) is 2.32. The highest BCUT2D eigenvalue weighted by Gasteiger charge is 2.40. The van der Waals surface area contributed by atoms with Crippen molar-refractivity contribution in [1.82, 2.24) is 0 Å². The highest BCUT2D eigenvalue weighted by atomic mass is 16.5. The molecule has 1 aliphatic carbocycles. The molecule has 17 heavy (non-hydrogen) atoms. The first kappa shape index (κ1) is 13.9. The molecule has 1 aliphatic rings.